The number of fused-ring (bicyclic) bond motifs is 2. The van der Waals surface area contributed by atoms with Gasteiger partial charge >= 0.3 is 0 Å². The van der Waals surface area contributed by atoms with Crippen LogP contribution in [0.15, 0.2) is 6.33 Å². The van der Waals surface area contributed by atoms with Gasteiger partial charge in [0.05, 0.1) is 23.8 Å². The molecule has 1 aromatic rings. The molecule has 1 spiro atoms. The topological polar surface area (TPSA) is 107 Å². The van der Waals surface area contributed by atoms with Crippen molar-refractivity contribution in [2.45, 2.75) is 44.8 Å². The predicted octanol–water partition coefficient (Wildman–Crippen LogP) is 0.0620. The molecule has 3 rings (SSSR count). The van der Waals surface area contributed by atoms with Crippen LogP contribution in [-0.2, 0) is 26.8 Å². The van der Waals surface area contributed by atoms with Gasteiger partial charge < -0.3 is 15.0 Å². The lowest BCUT2D eigenvalue weighted by Crippen LogP contribution is -2.59. The SMILES string of the molecule is CC(C)[C@H](O)C(=O)N1CCC2(CC1)c1nc[nH]c1CCN2S(C)(=O)=O. The zero-order chi connectivity index (χ0) is 18.4. The van der Waals surface area contributed by atoms with E-state index in [0.29, 0.717) is 38.9 Å². The summed E-state index contributed by atoms with van der Waals surface area (Å²) in [6.45, 7) is 4.82. The molecule has 1 aromatic heterocycles. The minimum absolute atomic E-state index is 0.150. The van der Waals surface area contributed by atoms with Crippen molar-refractivity contribution in [1.82, 2.24) is 19.2 Å². The summed E-state index contributed by atoms with van der Waals surface area (Å²) in [6.07, 6.45) is 3.39. The highest BCUT2D eigenvalue weighted by atomic mass is 32.2. The fourth-order valence-electron chi connectivity index (χ4n) is 4.00. The number of H-pyrrole nitrogens is 1. The number of hydrogen-bond acceptors (Lipinski definition) is 5. The maximum Gasteiger partial charge on any atom is 0.251 e. The number of carbonyl (C=O) groups is 1. The lowest BCUT2D eigenvalue weighted by atomic mass is 9.80. The zero-order valence-corrected chi connectivity index (χ0v) is 15.7. The van der Waals surface area contributed by atoms with Crippen LogP contribution in [0, 0.1) is 5.92 Å². The molecule has 0 aliphatic carbocycles. The molecule has 1 saturated heterocycles. The Labute approximate surface area is 148 Å². The quantitative estimate of drug-likeness (QED) is 0.783. The standard InChI is InChI=1S/C16H26N4O4S/c1-11(2)13(21)15(22)19-8-5-16(6-9-19)14-12(17-10-18-14)4-7-20(16)25(3,23)24/h10-11,13,21H,4-9H2,1-3H3,(H,17,18)/t13-/m0/s1. The van der Waals surface area contributed by atoms with Crippen LogP contribution in [-0.4, -0.2) is 70.6 Å². The minimum Gasteiger partial charge on any atom is -0.383 e. The molecule has 3 heterocycles. The molecular formula is C16H26N4O4S. The highest BCUT2D eigenvalue weighted by Crippen LogP contribution is 2.43. The molecule has 0 saturated carbocycles. The van der Waals surface area contributed by atoms with Gasteiger partial charge in [-0.25, -0.2) is 13.4 Å². The molecule has 9 heteroatoms. The van der Waals surface area contributed by atoms with Crippen molar-refractivity contribution < 1.29 is 18.3 Å². The number of likely N-dealkylation sites (tertiary alicyclic amines) is 1. The Morgan fingerprint density at radius 3 is 2.52 bits per heavy atom. The van der Waals surface area contributed by atoms with E-state index in [9.17, 15) is 18.3 Å². The average molecular weight is 370 g/mol. The molecule has 0 radical (unpaired) electrons. The first-order chi connectivity index (χ1) is 11.7. The van der Waals surface area contributed by atoms with Gasteiger partial charge in [0.1, 0.15) is 6.10 Å². The van der Waals surface area contributed by atoms with E-state index in [2.05, 4.69) is 9.97 Å². The summed E-state index contributed by atoms with van der Waals surface area (Å²) in [4.78, 5) is 21.6. The molecule has 2 N–H and O–H groups in total. The first kappa shape index (κ1) is 18.3. The highest BCUT2D eigenvalue weighted by molar-refractivity contribution is 7.88. The van der Waals surface area contributed by atoms with Crippen molar-refractivity contribution in [3.63, 3.8) is 0 Å². The Kier molecular flexibility index (Phi) is 4.67. The first-order valence-electron chi connectivity index (χ1n) is 8.64. The summed E-state index contributed by atoms with van der Waals surface area (Å²) in [7, 11) is -3.40. The number of nitrogens with zero attached hydrogens (tertiary/aromatic N) is 3. The molecule has 2 aliphatic rings. The predicted molar refractivity (Wildman–Crippen MR) is 92.2 cm³/mol. The van der Waals surface area contributed by atoms with E-state index in [0.717, 1.165) is 11.4 Å². The number of hydrogen-bond donors (Lipinski definition) is 2. The molecule has 2 aliphatic heterocycles. The minimum atomic E-state index is -3.40. The van der Waals surface area contributed by atoms with Crippen molar-refractivity contribution in [1.29, 1.82) is 0 Å². The van der Waals surface area contributed by atoms with Crippen LogP contribution in [0.2, 0.25) is 0 Å². The van der Waals surface area contributed by atoms with E-state index in [4.69, 9.17) is 0 Å². The molecule has 0 unspecified atom stereocenters. The number of aromatic amines is 1. The van der Waals surface area contributed by atoms with Crippen LogP contribution >= 0.6 is 0 Å². The Balaban J connectivity index is 1.88. The number of aliphatic hydroxyl groups excluding tert-OH is 1. The Hall–Kier alpha value is -1.45. The molecular weight excluding hydrogens is 344 g/mol. The molecule has 8 nitrogen and oxygen atoms in total. The van der Waals surface area contributed by atoms with Crippen molar-refractivity contribution in [2.75, 3.05) is 25.9 Å². The number of aliphatic hydroxyl groups is 1. The van der Waals surface area contributed by atoms with Gasteiger partial charge in [-0.3, -0.25) is 4.79 Å². The summed E-state index contributed by atoms with van der Waals surface area (Å²) in [6, 6.07) is 0. The zero-order valence-electron chi connectivity index (χ0n) is 14.9. The van der Waals surface area contributed by atoms with E-state index >= 15 is 0 Å². The second-order valence-corrected chi connectivity index (χ2v) is 9.27. The third-order valence-corrected chi connectivity index (χ3v) is 6.72. The maximum atomic E-state index is 12.4. The normalized spacial score (nSPS) is 22.2. The van der Waals surface area contributed by atoms with Gasteiger partial charge in [-0.05, 0) is 18.8 Å². The van der Waals surface area contributed by atoms with Crippen molar-refractivity contribution in [2.24, 2.45) is 5.92 Å². The second kappa shape index (κ2) is 6.37. The Bertz CT molecular complexity index is 750. The fraction of sp³-hybridized carbons (Fsp3) is 0.750. The number of aromatic nitrogens is 2. The number of carbonyl (C=O) groups excluding carboxylic acids is 1. The molecule has 140 valence electrons. The van der Waals surface area contributed by atoms with Crippen LogP contribution in [0.25, 0.3) is 0 Å². The number of imidazole rings is 1. The summed E-state index contributed by atoms with van der Waals surface area (Å²) in [5.41, 5.74) is 1.04. The smallest absolute Gasteiger partial charge is 0.251 e. The lowest BCUT2D eigenvalue weighted by Gasteiger charge is -2.49. The fourth-order valence-corrected chi connectivity index (χ4v) is 5.32. The number of piperidine rings is 1. The van der Waals surface area contributed by atoms with E-state index in [1.807, 2.05) is 0 Å². The van der Waals surface area contributed by atoms with E-state index < -0.39 is 21.7 Å². The van der Waals surface area contributed by atoms with Crippen LogP contribution in [0.1, 0.15) is 38.1 Å². The van der Waals surface area contributed by atoms with E-state index in [-0.39, 0.29) is 11.8 Å². The van der Waals surface area contributed by atoms with Crippen LogP contribution in [0.5, 0.6) is 0 Å². The van der Waals surface area contributed by atoms with Crippen LogP contribution in [0.4, 0.5) is 0 Å². The Morgan fingerprint density at radius 1 is 1.32 bits per heavy atom. The molecule has 1 atom stereocenters. The van der Waals surface area contributed by atoms with Crippen molar-refractivity contribution in [3.05, 3.63) is 17.7 Å². The van der Waals surface area contributed by atoms with Crippen molar-refractivity contribution >= 4 is 15.9 Å². The third kappa shape index (κ3) is 3.09. The lowest BCUT2D eigenvalue weighted by molar-refractivity contribution is -0.144. The largest absolute Gasteiger partial charge is 0.383 e. The summed E-state index contributed by atoms with van der Waals surface area (Å²) < 4.78 is 26.3. The van der Waals surface area contributed by atoms with Crippen LogP contribution in [0.3, 0.4) is 0 Å². The van der Waals surface area contributed by atoms with Crippen LogP contribution < -0.4 is 0 Å². The molecule has 25 heavy (non-hydrogen) atoms. The van der Waals surface area contributed by atoms with Gasteiger partial charge in [0, 0.05) is 31.7 Å². The Morgan fingerprint density at radius 2 is 1.96 bits per heavy atom. The van der Waals surface area contributed by atoms with Gasteiger partial charge in [0.25, 0.3) is 5.91 Å². The maximum absolute atomic E-state index is 12.4. The first-order valence-corrected chi connectivity index (χ1v) is 10.5. The van der Waals surface area contributed by atoms with Gasteiger partial charge in [-0.15, -0.1) is 0 Å². The second-order valence-electron chi connectivity index (χ2n) is 7.36. The van der Waals surface area contributed by atoms with E-state index in [1.165, 1.54) is 6.26 Å². The highest BCUT2D eigenvalue weighted by Gasteiger charge is 2.50. The summed E-state index contributed by atoms with van der Waals surface area (Å²) in [5.74, 6) is -0.433. The average Bonchev–Trinajstić information content (AvgIpc) is 3.03. The van der Waals surface area contributed by atoms with E-state index in [1.54, 1.807) is 29.4 Å². The molecule has 1 fully saturated rings. The molecule has 1 amide bonds. The monoisotopic (exact) mass is 370 g/mol. The van der Waals surface area contributed by atoms with Gasteiger partial charge in [-0.2, -0.15) is 4.31 Å². The number of sulfonamides is 1. The number of rotatable bonds is 3. The number of amides is 1. The third-order valence-electron chi connectivity index (χ3n) is 5.39. The summed E-state index contributed by atoms with van der Waals surface area (Å²) in [5, 5.41) is 10.0. The summed E-state index contributed by atoms with van der Waals surface area (Å²) >= 11 is 0. The molecule has 0 aromatic carbocycles. The molecule has 0 bridgehead atoms. The van der Waals surface area contributed by atoms with Gasteiger partial charge in [-0.1, -0.05) is 13.8 Å². The van der Waals surface area contributed by atoms with Crippen molar-refractivity contribution in [3.8, 4) is 0 Å². The number of nitrogens with one attached hydrogen (secondary N) is 1. The van der Waals surface area contributed by atoms with Gasteiger partial charge in [0.2, 0.25) is 10.0 Å². The van der Waals surface area contributed by atoms with Gasteiger partial charge in [0.15, 0.2) is 0 Å².